The summed E-state index contributed by atoms with van der Waals surface area (Å²) in [5.74, 6) is 0.563. The van der Waals surface area contributed by atoms with E-state index in [1.807, 2.05) is 6.92 Å². The van der Waals surface area contributed by atoms with E-state index in [1.165, 1.54) is 18.4 Å². The van der Waals surface area contributed by atoms with Gasteiger partial charge in [0.1, 0.15) is 0 Å². The van der Waals surface area contributed by atoms with Crippen molar-refractivity contribution in [2.75, 3.05) is 50.7 Å². The Labute approximate surface area is 118 Å². The summed E-state index contributed by atoms with van der Waals surface area (Å²) >= 11 is 0. The molecule has 20 heavy (non-hydrogen) atoms. The van der Waals surface area contributed by atoms with Crippen LogP contribution in [0.5, 0.6) is 6.01 Å². The maximum atomic E-state index is 11.6. The van der Waals surface area contributed by atoms with Gasteiger partial charge in [-0.2, -0.15) is 15.0 Å². The number of hydrogen-bond donors (Lipinski definition) is 2. The molecule has 114 valence electrons. The summed E-state index contributed by atoms with van der Waals surface area (Å²) in [7, 11) is 1.40. The van der Waals surface area contributed by atoms with Crippen LogP contribution in [0.4, 0.5) is 11.9 Å². The maximum absolute atomic E-state index is 11.6. The second kappa shape index (κ2) is 7.20. The molecule has 1 heterocycles. The van der Waals surface area contributed by atoms with E-state index in [2.05, 4.69) is 25.6 Å². The van der Waals surface area contributed by atoms with E-state index in [0.29, 0.717) is 12.6 Å². The molecule has 0 radical (unpaired) electrons. The first-order valence-electron chi connectivity index (χ1n) is 6.09. The normalized spacial score (nSPS) is 11.4. The summed E-state index contributed by atoms with van der Waals surface area (Å²) in [4.78, 5) is 12.1. The average molecular weight is 304 g/mol. The van der Waals surface area contributed by atoms with Crippen LogP contribution in [-0.4, -0.2) is 67.7 Å². The maximum Gasteiger partial charge on any atom is 0.323 e. The molecular weight excluding hydrogens is 284 g/mol. The number of aromatic nitrogens is 3. The van der Waals surface area contributed by atoms with Crippen LogP contribution in [0.1, 0.15) is 6.92 Å². The number of sulfonamides is 1. The highest BCUT2D eigenvalue weighted by Gasteiger charge is 2.13. The Bertz CT molecular complexity index is 534. The van der Waals surface area contributed by atoms with Crippen molar-refractivity contribution in [2.45, 2.75) is 6.92 Å². The average Bonchev–Trinajstić information content (AvgIpc) is 2.38. The topological polar surface area (TPSA) is 109 Å². The van der Waals surface area contributed by atoms with Gasteiger partial charge in [-0.1, -0.05) is 0 Å². The first-order valence-corrected chi connectivity index (χ1v) is 7.70. The second-order valence-corrected chi connectivity index (χ2v) is 6.28. The molecule has 0 aliphatic rings. The number of hydrogen-bond acceptors (Lipinski definition) is 8. The Hall–Kier alpha value is -1.68. The molecule has 0 spiro atoms. The van der Waals surface area contributed by atoms with Crippen LogP contribution in [-0.2, 0) is 10.0 Å². The summed E-state index contributed by atoms with van der Waals surface area (Å²) in [6.45, 7) is 2.44. The molecule has 0 aromatic carbocycles. The van der Waals surface area contributed by atoms with Crippen molar-refractivity contribution in [1.29, 1.82) is 0 Å². The molecule has 0 amide bonds. The fraction of sp³-hybridized carbons (Fsp3) is 0.700. The number of nitrogens with one attached hydrogen (secondary N) is 2. The van der Waals surface area contributed by atoms with Gasteiger partial charge in [0.25, 0.3) is 0 Å². The van der Waals surface area contributed by atoms with Gasteiger partial charge in [0.05, 0.1) is 12.4 Å². The van der Waals surface area contributed by atoms with Gasteiger partial charge in [-0.15, -0.1) is 0 Å². The van der Waals surface area contributed by atoms with Gasteiger partial charge in [-0.25, -0.2) is 12.7 Å². The molecule has 9 nitrogen and oxygen atoms in total. The van der Waals surface area contributed by atoms with E-state index in [1.54, 1.807) is 7.05 Å². The first kappa shape index (κ1) is 16.4. The molecule has 0 aliphatic carbocycles. The Kier molecular flexibility index (Phi) is 5.89. The fourth-order valence-electron chi connectivity index (χ4n) is 1.22. The molecule has 2 N–H and O–H groups in total. The zero-order valence-electron chi connectivity index (χ0n) is 12.0. The molecular formula is C10H20N6O3S. The van der Waals surface area contributed by atoms with E-state index in [0.717, 1.165) is 0 Å². The van der Waals surface area contributed by atoms with E-state index in [9.17, 15) is 8.42 Å². The second-order valence-electron chi connectivity index (χ2n) is 3.97. The Morgan fingerprint density at radius 3 is 2.40 bits per heavy atom. The van der Waals surface area contributed by atoms with E-state index < -0.39 is 10.0 Å². The lowest BCUT2D eigenvalue weighted by Crippen LogP contribution is -2.28. The molecule has 0 saturated heterocycles. The molecule has 1 aromatic rings. The van der Waals surface area contributed by atoms with E-state index in [-0.39, 0.29) is 24.3 Å². The van der Waals surface area contributed by atoms with Gasteiger partial charge >= 0.3 is 6.01 Å². The minimum atomic E-state index is -3.25. The molecule has 0 fully saturated rings. The number of rotatable bonds is 8. The summed E-state index contributed by atoms with van der Waals surface area (Å²) in [5.41, 5.74) is 0. The molecule has 0 aliphatic heterocycles. The van der Waals surface area contributed by atoms with Crippen LogP contribution < -0.4 is 15.4 Å². The third kappa shape index (κ3) is 4.78. The Balaban J connectivity index is 2.70. The van der Waals surface area contributed by atoms with Crippen LogP contribution in [0.2, 0.25) is 0 Å². The third-order valence-corrected chi connectivity index (χ3v) is 4.14. The fourth-order valence-corrected chi connectivity index (χ4v) is 1.94. The summed E-state index contributed by atoms with van der Waals surface area (Å²) in [6, 6.07) is 0.185. The minimum absolute atomic E-state index is 0.0511. The summed E-state index contributed by atoms with van der Waals surface area (Å²) < 4.78 is 29.6. The zero-order chi connectivity index (χ0) is 15.2. The standard InChI is InChI=1S/C10H20N6O3S/c1-5-19-10-14-8(11-2)13-9(15-10)12-6-7-20(17,18)16(3)4/h5-7H2,1-4H3,(H2,11,12,13,14,15). The highest BCUT2D eigenvalue weighted by molar-refractivity contribution is 7.89. The van der Waals surface area contributed by atoms with Crippen LogP contribution in [0.15, 0.2) is 0 Å². The largest absolute Gasteiger partial charge is 0.464 e. The van der Waals surface area contributed by atoms with Crippen LogP contribution >= 0.6 is 0 Å². The number of nitrogens with zero attached hydrogens (tertiary/aromatic N) is 4. The van der Waals surface area contributed by atoms with Crippen molar-refractivity contribution in [3.05, 3.63) is 0 Å². The summed E-state index contributed by atoms with van der Waals surface area (Å²) in [6.07, 6.45) is 0. The van der Waals surface area contributed by atoms with Crippen molar-refractivity contribution in [1.82, 2.24) is 19.3 Å². The van der Waals surface area contributed by atoms with Crippen molar-refractivity contribution in [3.8, 4) is 6.01 Å². The van der Waals surface area contributed by atoms with Crippen molar-refractivity contribution in [2.24, 2.45) is 0 Å². The smallest absolute Gasteiger partial charge is 0.323 e. The Morgan fingerprint density at radius 1 is 1.20 bits per heavy atom. The van der Waals surface area contributed by atoms with Crippen molar-refractivity contribution < 1.29 is 13.2 Å². The molecule has 0 saturated carbocycles. The van der Waals surface area contributed by atoms with Gasteiger partial charge in [-0.3, -0.25) is 0 Å². The third-order valence-electron chi connectivity index (χ3n) is 2.31. The lowest BCUT2D eigenvalue weighted by atomic mass is 10.7. The van der Waals surface area contributed by atoms with Crippen molar-refractivity contribution >= 4 is 21.9 Å². The monoisotopic (exact) mass is 304 g/mol. The predicted molar refractivity (Wildman–Crippen MR) is 76.5 cm³/mol. The van der Waals surface area contributed by atoms with Crippen molar-refractivity contribution in [3.63, 3.8) is 0 Å². The Morgan fingerprint density at radius 2 is 1.85 bits per heavy atom. The molecule has 10 heteroatoms. The highest BCUT2D eigenvalue weighted by Crippen LogP contribution is 2.10. The number of anilines is 2. The molecule has 0 unspecified atom stereocenters. The van der Waals surface area contributed by atoms with Crippen LogP contribution in [0.3, 0.4) is 0 Å². The lowest BCUT2D eigenvalue weighted by Gasteiger charge is -2.12. The van der Waals surface area contributed by atoms with E-state index in [4.69, 9.17) is 4.74 Å². The van der Waals surface area contributed by atoms with Gasteiger partial charge in [0.2, 0.25) is 21.9 Å². The summed E-state index contributed by atoms with van der Waals surface area (Å²) in [5, 5.41) is 5.62. The molecule has 0 bridgehead atoms. The quantitative estimate of drug-likeness (QED) is 0.668. The zero-order valence-corrected chi connectivity index (χ0v) is 12.9. The SMILES string of the molecule is CCOc1nc(NC)nc(NCCS(=O)(=O)N(C)C)n1. The highest BCUT2D eigenvalue weighted by atomic mass is 32.2. The van der Waals surface area contributed by atoms with Gasteiger partial charge in [-0.05, 0) is 6.92 Å². The molecule has 0 atom stereocenters. The lowest BCUT2D eigenvalue weighted by molar-refractivity contribution is 0.312. The minimum Gasteiger partial charge on any atom is -0.464 e. The van der Waals surface area contributed by atoms with Gasteiger partial charge in [0.15, 0.2) is 0 Å². The van der Waals surface area contributed by atoms with Gasteiger partial charge < -0.3 is 15.4 Å². The van der Waals surface area contributed by atoms with Crippen LogP contribution in [0.25, 0.3) is 0 Å². The first-order chi connectivity index (χ1) is 9.39. The molecule has 1 aromatic heterocycles. The van der Waals surface area contributed by atoms with Gasteiger partial charge in [0, 0.05) is 27.7 Å². The van der Waals surface area contributed by atoms with Crippen LogP contribution in [0, 0.1) is 0 Å². The van der Waals surface area contributed by atoms with E-state index >= 15 is 0 Å². The predicted octanol–water partition coefficient (Wildman–Crippen LogP) is -0.385. The number of ether oxygens (including phenoxy) is 1. The molecule has 1 rings (SSSR count).